The summed E-state index contributed by atoms with van der Waals surface area (Å²) in [6.45, 7) is 4.40. The summed E-state index contributed by atoms with van der Waals surface area (Å²) in [6.07, 6.45) is 0. The van der Waals surface area contributed by atoms with Crippen molar-refractivity contribution in [1.82, 2.24) is 5.32 Å². The first-order valence-electron chi connectivity index (χ1n) is 7.46. The normalized spacial score (nSPS) is 10.0. The largest absolute Gasteiger partial charge is 0.494 e. The van der Waals surface area contributed by atoms with Gasteiger partial charge in [0, 0.05) is 24.7 Å². The summed E-state index contributed by atoms with van der Waals surface area (Å²) >= 11 is 0. The van der Waals surface area contributed by atoms with Crippen molar-refractivity contribution in [3.05, 3.63) is 59.7 Å². The molecular weight excluding hydrogens is 292 g/mol. The van der Waals surface area contributed by atoms with Crippen LogP contribution >= 0.6 is 0 Å². The minimum Gasteiger partial charge on any atom is -0.494 e. The Balaban J connectivity index is 1.94. The predicted molar refractivity (Wildman–Crippen MR) is 89.5 cm³/mol. The van der Waals surface area contributed by atoms with Crippen LogP contribution in [0, 0.1) is 0 Å². The molecule has 5 nitrogen and oxygen atoms in total. The monoisotopic (exact) mass is 312 g/mol. The Kier molecular flexibility index (Phi) is 5.74. The fraction of sp³-hybridized carbons (Fsp3) is 0.222. The predicted octanol–water partition coefficient (Wildman–Crippen LogP) is 2.97. The third-order valence-corrected chi connectivity index (χ3v) is 3.13. The maximum atomic E-state index is 12.1. The van der Waals surface area contributed by atoms with Crippen molar-refractivity contribution in [1.29, 1.82) is 0 Å². The van der Waals surface area contributed by atoms with Gasteiger partial charge in [0.05, 0.1) is 6.61 Å². The second-order valence-electron chi connectivity index (χ2n) is 5.02. The zero-order chi connectivity index (χ0) is 16.7. The third-order valence-electron chi connectivity index (χ3n) is 3.13. The first kappa shape index (κ1) is 16.5. The van der Waals surface area contributed by atoms with Crippen molar-refractivity contribution in [2.24, 2.45) is 0 Å². The standard InChI is InChI=1S/C18H20N2O3/c1-3-23-17-6-4-5-14(11-17)12-19-18(22)15-7-9-16(10-8-15)20-13(2)21/h4-11H,3,12H2,1-2H3,(H,19,22)(H,20,21). The minimum atomic E-state index is -0.166. The van der Waals surface area contributed by atoms with E-state index < -0.39 is 0 Å². The van der Waals surface area contributed by atoms with Crippen LogP contribution in [0.2, 0.25) is 0 Å². The van der Waals surface area contributed by atoms with Crippen LogP contribution in [0.15, 0.2) is 48.5 Å². The number of benzene rings is 2. The molecule has 2 amide bonds. The molecule has 0 atom stereocenters. The van der Waals surface area contributed by atoms with Gasteiger partial charge in [-0.15, -0.1) is 0 Å². The van der Waals surface area contributed by atoms with Crippen LogP contribution in [-0.2, 0) is 11.3 Å². The van der Waals surface area contributed by atoms with Gasteiger partial charge in [-0.1, -0.05) is 12.1 Å². The molecule has 0 unspecified atom stereocenters. The van der Waals surface area contributed by atoms with Crippen molar-refractivity contribution in [2.75, 3.05) is 11.9 Å². The van der Waals surface area contributed by atoms with Crippen molar-refractivity contribution >= 4 is 17.5 Å². The summed E-state index contributed by atoms with van der Waals surface area (Å²) in [5.74, 6) is 0.483. The highest BCUT2D eigenvalue weighted by Gasteiger charge is 2.06. The molecule has 2 aromatic carbocycles. The molecular formula is C18H20N2O3. The topological polar surface area (TPSA) is 67.4 Å². The molecule has 0 fully saturated rings. The van der Waals surface area contributed by atoms with Gasteiger partial charge >= 0.3 is 0 Å². The van der Waals surface area contributed by atoms with E-state index in [2.05, 4.69) is 10.6 Å². The molecule has 0 aliphatic rings. The highest BCUT2D eigenvalue weighted by Crippen LogP contribution is 2.14. The first-order chi connectivity index (χ1) is 11.1. The van der Waals surface area contributed by atoms with Gasteiger partial charge in [-0.2, -0.15) is 0 Å². The Morgan fingerprint density at radius 1 is 1.09 bits per heavy atom. The Hall–Kier alpha value is -2.82. The van der Waals surface area contributed by atoms with Crippen LogP contribution in [0.5, 0.6) is 5.75 Å². The zero-order valence-electron chi connectivity index (χ0n) is 13.3. The quantitative estimate of drug-likeness (QED) is 0.861. The van der Waals surface area contributed by atoms with Gasteiger partial charge in [0.15, 0.2) is 0 Å². The number of anilines is 1. The summed E-state index contributed by atoms with van der Waals surface area (Å²) in [5, 5.41) is 5.53. The smallest absolute Gasteiger partial charge is 0.251 e. The van der Waals surface area contributed by atoms with Crippen molar-refractivity contribution in [3.8, 4) is 5.75 Å². The molecule has 120 valence electrons. The van der Waals surface area contributed by atoms with Crippen LogP contribution < -0.4 is 15.4 Å². The number of ether oxygens (including phenoxy) is 1. The van der Waals surface area contributed by atoms with Crippen molar-refractivity contribution < 1.29 is 14.3 Å². The molecule has 23 heavy (non-hydrogen) atoms. The lowest BCUT2D eigenvalue weighted by molar-refractivity contribution is -0.114. The number of hydrogen-bond acceptors (Lipinski definition) is 3. The fourth-order valence-electron chi connectivity index (χ4n) is 2.10. The zero-order valence-corrected chi connectivity index (χ0v) is 13.3. The molecule has 0 aliphatic heterocycles. The van der Waals surface area contributed by atoms with Crippen LogP contribution in [0.25, 0.3) is 0 Å². The van der Waals surface area contributed by atoms with Gasteiger partial charge in [-0.25, -0.2) is 0 Å². The maximum absolute atomic E-state index is 12.1. The molecule has 0 aliphatic carbocycles. The summed E-state index contributed by atoms with van der Waals surface area (Å²) in [7, 11) is 0. The number of amides is 2. The van der Waals surface area contributed by atoms with Gasteiger partial charge in [0.25, 0.3) is 5.91 Å². The Bertz CT molecular complexity index is 681. The van der Waals surface area contributed by atoms with E-state index in [1.807, 2.05) is 31.2 Å². The molecule has 0 bridgehead atoms. The van der Waals surface area contributed by atoms with Gasteiger partial charge in [0.1, 0.15) is 5.75 Å². The number of nitrogens with one attached hydrogen (secondary N) is 2. The van der Waals surface area contributed by atoms with E-state index in [0.717, 1.165) is 11.3 Å². The summed E-state index contributed by atoms with van der Waals surface area (Å²) in [5.41, 5.74) is 2.18. The van der Waals surface area contributed by atoms with Crippen LogP contribution in [0.4, 0.5) is 5.69 Å². The van der Waals surface area contributed by atoms with E-state index >= 15 is 0 Å². The Morgan fingerprint density at radius 3 is 2.48 bits per heavy atom. The number of rotatable bonds is 6. The van der Waals surface area contributed by atoms with Crippen molar-refractivity contribution in [2.45, 2.75) is 20.4 Å². The lowest BCUT2D eigenvalue weighted by Gasteiger charge is -2.08. The molecule has 2 N–H and O–H groups in total. The van der Waals surface area contributed by atoms with E-state index in [0.29, 0.717) is 24.4 Å². The molecule has 2 rings (SSSR count). The number of hydrogen-bond donors (Lipinski definition) is 2. The first-order valence-corrected chi connectivity index (χ1v) is 7.46. The van der Waals surface area contributed by atoms with Crippen molar-refractivity contribution in [3.63, 3.8) is 0 Å². The van der Waals surface area contributed by atoms with E-state index in [1.165, 1.54) is 6.92 Å². The molecule has 0 saturated heterocycles. The summed E-state index contributed by atoms with van der Waals surface area (Å²) < 4.78 is 5.44. The van der Waals surface area contributed by atoms with E-state index in [-0.39, 0.29) is 11.8 Å². The second kappa shape index (κ2) is 7.98. The average molecular weight is 312 g/mol. The molecule has 0 radical (unpaired) electrons. The lowest BCUT2D eigenvalue weighted by Crippen LogP contribution is -2.22. The van der Waals surface area contributed by atoms with Crippen LogP contribution in [0.3, 0.4) is 0 Å². The molecule has 5 heteroatoms. The number of carbonyl (C=O) groups excluding carboxylic acids is 2. The minimum absolute atomic E-state index is 0.142. The molecule has 0 spiro atoms. The fourth-order valence-corrected chi connectivity index (χ4v) is 2.10. The second-order valence-corrected chi connectivity index (χ2v) is 5.02. The Morgan fingerprint density at radius 2 is 1.83 bits per heavy atom. The van der Waals surface area contributed by atoms with Crippen LogP contribution in [-0.4, -0.2) is 18.4 Å². The van der Waals surface area contributed by atoms with Gasteiger partial charge in [-0.05, 0) is 48.9 Å². The highest BCUT2D eigenvalue weighted by molar-refractivity contribution is 5.95. The number of carbonyl (C=O) groups is 2. The summed E-state index contributed by atoms with van der Waals surface area (Å²) in [4.78, 5) is 23.1. The molecule has 0 heterocycles. The Labute approximate surface area is 135 Å². The van der Waals surface area contributed by atoms with E-state index in [1.54, 1.807) is 24.3 Å². The lowest BCUT2D eigenvalue weighted by atomic mass is 10.1. The van der Waals surface area contributed by atoms with Gasteiger partial charge < -0.3 is 15.4 Å². The van der Waals surface area contributed by atoms with Crippen LogP contribution in [0.1, 0.15) is 29.8 Å². The molecule has 0 saturated carbocycles. The third kappa shape index (κ3) is 5.14. The molecule has 0 aromatic heterocycles. The van der Waals surface area contributed by atoms with Gasteiger partial charge in [-0.3, -0.25) is 9.59 Å². The average Bonchev–Trinajstić information content (AvgIpc) is 2.53. The maximum Gasteiger partial charge on any atom is 0.251 e. The van der Waals surface area contributed by atoms with E-state index in [9.17, 15) is 9.59 Å². The summed E-state index contributed by atoms with van der Waals surface area (Å²) in [6, 6.07) is 14.4. The van der Waals surface area contributed by atoms with E-state index in [4.69, 9.17) is 4.74 Å². The SMILES string of the molecule is CCOc1cccc(CNC(=O)c2ccc(NC(C)=O)cc2)c1. The highest BCUT2D eigenvalue weighted by atomic mass is 16.5. The molecule has 2 aromatic rings. The van der Waals surface area contributed by atoms with Gasteiger partial charge in [0.2, 0.25) is 5.91 Å².